The summed E-state index contributed by atoms with van der Waals surface area (Å²) in [5.74, 6) is 0.290. The molecule has 0 fully saturated rings. The van der Waals surface area contributed by atoms with Crippen molar-refractivity contribution < 1.29 is 14.2 Å². The van der Waals surface area contributed by atoms with Crippen LogP contribution in [0.5, 0.6) is 0 Å². The Kier molecular flexibility index (Phi) is 11.0. The fourth-order valence-corrected chi connectivity index (χ4v) is 2.65. The molecule has 0 heterocycles. The lowest BCUT2D eigenvalue weighted by molar-refractivity contribution is -0.129. The minimum atomic E-state index is -0.267. The minimum absolute atomic E-state index is 0.0243. The van der Waals surface area contributed by atoms with Crippen LogP contribution < -0.4 is 11.5 Å². The molecular weight excluding hydrogens is 340 g/mol. The molecule has 0 radical (unpaired) electrons. The molecule has 0 aliphatic rings. The van der Waals surface area contributed by atoms with E-state index in [1.54, 1.807) is 0 Å². The number of hydrogen-bond acceptors (Lipinski definition) is 5. The van der Waals surface area contributed by atoms with Gasteiger partial charge in [-0.3, -0.25) is 0 Å². The molecule has 5 nitrogen and oxygen atoms in total. The molecule has 27 heavy (non-hydrogen) atoms. The Morgan fingerprint density at radius 1 is 0.778 bits per heavy atom. The number of hydrogen-bond donors (Lipinski definition) is 2. The molecule has 0 saturated carbocycles. The number of nitrogens with two attached hydrogens (primary N) is 2. The molecule has 0 aromatic heterocycles. The maximum atomic E-state index is 6.28. The van der Waals surface area contributed by atoms with Crippen LogP contribution in [0.25, 0.3) is 0 Å². The molecule has 164 valence electrons. The zero-order chi connectivity index (χ0) is 21.5. The monoisotopic (exact) mass is 388 g/mol. The first-order chi connectivity index (χ1) is 12.1. The van der Waals surface area contributed by atoms with Gasteiger partial charge in [-0.15, -0.1) is 0 Å². The Labute approximate surface area is 168 Å². The molecule has 0 amide bonds. The lowest BCUT2D eigenvalue weighted by Gasteiger charge is -2.43. The second kappa shape index (κ2) is 11.1. The summed E-state index contributed by atoms with van der Waals surface area (Å²) in [5.41, 5.74) is 11.1. The van der Waals surface area contributed by atoms with E-state index in [0.717, 1.165) is 12.8 Å². The van der Waals surface area contributed by atoms with Gasteiger partial charge in [-0.1, -0.05) is 20.8 Å². The maximum absolute atomic E-state index is 6.28. The van der Waals surface area contributed by atoms with Gasteiger partial charge in [0.25, 0.3) is 0 Å². The fraction of sp³-hybridized carbons (Fsp3) is 1.00. The predicted molar refractivity (Wildman–Crippen MR) is 115 cm³/mol. The predicted octanol–water partition coefficient (Wildman–Crippen LogP) is 4.12. The lowest BCUT2D eigenvalue weighted by atomic mass is 9.74. The van der Waals surface area contributed by atoms with Crippen LogP contribution >= 0.6 is 0 Å². The van der Waals surface area contributed by atoms with E-state index < -0.39 is 0 Å². The zero-order valence-electron chi connectivity index (χ0n) is 19.7. The Balaban J connectivity index is 4.49. The van der Waals surface area contributed by atoms with Gasteiger partial charge < -0.3 is 25.7 Å². The molecule has 4 unspecified atom stereocenters. The van der Waals surface area contributed by atoms with Gasteiger partial charge in [0.05, 0.1) is 30.5 Å². The summed E-state index contributed by atoms with van der Waals surface area (Å²) in [4.78, 5) is 0. The molecule has 0 aromatic rings. The first-order valence-corrected chi connectivity index (χ1v) is 10.5. The Hall–Kier alpha value is -0.200. The second-order valence-corrected chi connectivity index (χ2v) is 10.1. The van der Waals surface area contributed by atoms with E-state index in [4.69, 9.17) is 25.7 Å². The second-order valence-electron chi connectivity index (χ2n) is 10.1. The molecule has 4 atom stereocenters. The Bertz CT molecular complexity index is 406. The summed E-state index contributed by atoms with van der Waals surface area (Å²) in [6, 6.07) is 0.204. The van der Waals surface area contributed by atoms with E-state index in [1.807, 2.05) is 13.8 Å². The highest BCUT2D eigenvalue weighted by Gasteiger charge is 2.38. The van der Waals surface area contributed by atoms with Crippen LogP contribution in [0.3, 0.4) is 0 Å². The van der Waals surface area contributed by atoms with Gasteiger partial charge in [0.15, 0.2) is 0 Å². The molecule has 0 aliphatic heterocycles. The van der Waals surface area contributed by atoms with Gasteiger partial charge in [-0.05, 0) is 66.7 Å². The van der Waals surface area contributed by atoms with Crippen LogP contribution in [0.1, 0.15) is 82.1 Å². The molecule has 0 saturated heterocycles. The summed E-state index contributed by atoms with van der Waals surface area (Å²) in [6.07, 6.45) is 1.96. The highest BCUT2D eigenvalue weighted by Crippen LogP contribution is 2.37. The quantitative estimate of drug-likeness (QED) is 0.468. The highest BCUT2D eigenvalue weighted by atomic mass is 16.5. The average molecular weight is 389 g/mol. The van der Waals surface area contributed by atoms with Crippen molar-refractivity contribution in [3.63, 3.8) is 0 Å². The first kappa shape index (κ1) is 26.8. The van der Waals surface area contributed by atoms with E-state index in [9.17, 15) is 0 Å². The average Bonchev–Trinajstić information content (AvgIpc) is 2.49. The standard InChI is InChI=1S/C22H48N2O3/c1-16(14-25-19(4)13-17(2)23)21(7,8)26-12-11-20(5,6)22(9,10)27-15-18(3)24/h16-19H,11-15,23-24H2,1-10H3. The van der Waals surface area contributed by atoms with E-state index >= 15 is 0 Å². The summed E-state index contributed by atoms with van der Waals surface area (Å²) in [6.45, 7) is 23.2. The van der Waals surface area contributed by atoms with E-state index in [1.165, 1.54) is 0 Å². The van der Waals surface area contributed by atoms with Crippen LogP contribution in [-0.2, 0) is 14.2 Å². The van der Waals surface area contributed by atoms with Crippen molar-refractivity contribution in [1.29, 1.82) is 0 Å². The van der Waals surface area contributed by atoms with Gasteiger partial charge in [-0.2, -0.15) is 0 Å². The van der Waals surface area contributed by atoms with Crippen LogP contribution in [0.4, 0.5) is 0 Å². The smallest absolute Gasteiger partial charge is 0.0678 e. The molecule has 5 heteroatoms. The Morgan fingerprint density at radius 2 is 1.33 bits per heavy atom. The molecular formula is C22H48N2O3. The van der Waals surface area contributed by atoms with Crippen molar-refractivity contribution in [1.82, 2.24) is 0 Å². The summed E-state index contributed by atoms with van der Waals surface area (Å²) >= 11 is 0. The van der Waals surface area contributed by atoms with Crippen molar-refractivity contribution in [2.45, 2.75) is 111 Å². The molecule has 0 aliphatic carbocycles. The summed E-state index contributed by atoms with van der Waals surface area (Å²) in [5, 5.41) is 0. The lowest BCUT2D eigenvalue weighted by Crippen LogP contribution is -2.45. The van der Waals surface area contributed by atoms with Crippen molar-refractivity contribution in [3.8, 4) is 0 Å². The summed E-state index contributed by atoms with van der Waals surface area (Å²) < 4.78 is 18.3. The minimum Gasteiger partial charge on any atom is -0.378 e. The van der Waals surface area contributed by atoms with Crippen LogP contribution in [-0.4, -0.2) is 49.2 Å². The number of rotatable bonds is 14. The highest BCUT2D eigenvalue weighted by molar-refractivity contribution is 4.88. The molecule has 0 rings (SSSR count). The van der Waals surface area contributed by atoms with Gasteiger partial charge in [-0.25, -0.2) is 0 Å². The molecule has 0 aromatic carbocycles. The van der Waals surface area contributed by atoms with Gasteiger partial charge in [0, 0.05) is 24.6 Å². The molecule has 0 spiro atoms. The third-order valence-corrected chi connectivity index (χ3v) is 6.06. The van der Waals surface area contributed by atoms with E-state index in [2.05, 4.69) is 55.4 Å². The SMILES string of the molecule is CC(N)COC(C)(C)C(C)(C)CCOC(C)(C)C(C)COC(C)CC(C)N. The Morgan fingerprint density at radius 3 is 1.81 bits per heavy atom. The molecule has 0 bridgehead atoms. The number of ether oxygens (including phenoxy) is 3. The zero-order valence-corrected chi connectivity index (χ0v) is 19.7. The molecule has 4 N–H and O–H groups in total. The van der Waals surface area contributed by atoms with Crippen molar-refractivity contribution >= 4 is 0 Å². The van der Waals surface area contributed by atoms with Crippen molar-refractivity contribution in [3.05, 3.63) is 0 Å². The fourth-order valence-electron chi connectivity index (χ4n) is 2.65. The van der Waals surface area contributed by atoms with Crippen molar-refractivity contribution in [2.24, 2.45) is 22.8 Å². The van der Waals surface area contributed by atoms with Gasteiger partial charge in [0.2, 0.25) is 0 Å². The third kappa shape index (κ3) is 10.2. The maximum Gasteiger partial charge on any atom is 0.0678 e. The van der Waals surface area contributed by atoms with Gasteiger partial charge in [0.1, 0.15) is 0 Å². The van der Waals surface area contributed by atoms with Gasteiger partial charge >= 0.3 is 0 Å². The van der Waals surface area contributed by atoms with Crippen LogP contribution in [0.2, 0.25) is 0 Å². The summed E-state index contributed by atoms with van der Waals surface area (Å²) in [7, 11) is 0. The van der Waals surface area contributed by atoms with Crippen molar-refractivity contribution in [2.75, 3.05) is 19.8 Å². The first-order valence-electron chi connectivity index (χ1n) is 10.5. The van der Waals surface area contributed by atoms with Crippen LogP contribution in [0.15, 0.2) is 0 Å². The normalized spacial score (nSPS) is 18.2. The largest absolute Gasteiger partial charge is 0.378 e. The third-order valence-electron chi connectivity index (χ3n) is 6.06. The van der Waals surface area contributed by atoms with E-state index in [-0.39, 0.29) is 34.8 Å². The van der Waals surface area contributed by atoms with Crippen LogP contribution in [0, 0.1) is 11.3 Å². The van der Waals surface area contributed by atoms with E-state index in [0.29, 0.717) is 25.7 Å². The topological polar surface area (TPSA) is 79.7 Å².